The van der Waals surface area contributed by atoms with Gasteiger partial charge in [0.15, 0.2) is 0 Å². The molecule has 1 unspecified atom stereocenters. The molecule has 1 aliphatic carbocycles. The summed E-state index contributed by atoms with van der Waals surface area (Å²) in [4.78, 5) is 4.11. The average Bonchev–Trinajstić information content (AvgIpc) is 2.56. The summed E-state index contributed by atoms with van der Waals surface area (Å²) in [6.07, 6.45) is 7.66. The highest BCUT2D eigenvalue weighted by Gasteiger charge is 2.26. The van der Waals surface area contributed by atoms with Crippen molar-refractivity contribution < 1.29 is 5.11 Å². The minimum absolute atomic E-state index is 0.104. The molecular weight excluding hydrogens is 260 g/mol. The van der Waals surface area contributed by atoms with Crippen LogP contribution < -0.4 is 5.32 Å². The van der Waals surface area contributed by atoms with Crippen LogP contribution in [-0.4, -0.2) is 22.2 Å². The van der Waals surface area contributed by atoms with Crippen LogP contribution in [-0.2, 0) is 0 Å². The Kier molecular flexibility index (Phi) is 4.63. The van der Waals surface area contributed by atoms with Crippen molar-refractivity contribution in [2.45, 2.75) is 43.9 Å². The van der Waals surface area contributed by atoms with E-state index < -0.39 is 0 Å². The fraction of sp³-hybridized carbons (Fsp3) is 0.389. The predicted molar refractivity (Wildman–Crippen MR) is 83.9 cm³/mol. The van der Waals surface area contributed by atoms with Gasteiger partial charge in [0.05, 0.1) is 12.1 Å². The Morgan fingerprint density at radius 3 is 2.33 bits per heavy atom. The van der Waals surface area contributed by atoms with Crippen LogP contribution in [0.1, 0.15) is 42.9 Å². The van der Waals surface area contributed by atoms with Gasteiger partial charge < -0.3 is 10.4 Å². The summed E-state index contributed by atoms with van der Waals surface area (Å²) in [5.74, 6) is 0. The Balaban J connectivity index is 1.86. The van der Waals surface area contributed by atoms with Gasteiger partial charge in [-0.3, -0.25) is 4.98 Å². The van der Waals surface area contributed by atoms with E-state index in [2.05, 4.69) is 34.6 Å². The zero-order valence-electron chi connectivity index (χ0n) is 12.2. The lowest BCUT2D eigenvalue weighted by Crippen LogP contribution is -2.44. The quantitative estimate of drug-likeness (QED) is 0.906. The Hall–Kier alpha value is -1.71. The SMILES string of the molecule is O[C@@H]1CCCC[C@H]1NC(c1ccccc1)c1ccncc1. The summed E-state index contributed by atoms with van der Waals surface area (Å²) < 4.78 is 0. The Bertz CT molecular complexity index is 504. The first-order chi connectivity index (χ1) is 10.3. The average molecular weight is 282 g/mol. The molecule has 3 heteroatoms. The zero-order valence-corrected chi connectivity index (χ0v) is 12.2. The molecule has 0 radical (unpaired) electrons. The number of nitrogens with zero attached hydrogens (tertiary/aromatic N) is 1. The van der Waals surface area contributed by atoms with Crippen molar-refractivity contribution in [1.29, 1.82) is 0 Å². The Morgan fingerprint density at radius 1 is 0.952 bits per heavy atom. The predicted octanol–water partition coefficient (Wildman–Crippen LogP) is 3.06. The normalized spacial score (nSPS) is 23.7. The number of nitrogens with one attached hydrogen (secondary N) is 1. The van der Waals surface area contributed by atoms with E-state index in [0.717, 1.165) is 19.3 Å². The summed E-state index contributed by atoms with van der Waals surface area (Å²) in [5, 5.41) is 13.9. The first-order valence-corrected chi connectivity index (χ1v) is 7.73. The second-order valence-electron chi connectivity index (χ2n) is 5.75. The molecule has 1 aromatic heterocycles. The first-order valence-electron chi connectivity index (χ1n) is 7.73. The molecule has 0 saturated heterocycles. The summed E-state index contributed by atoms with van der Waals surface area (Å²) in [7, 11) is 0. The van der Waals surface area contributed by atoms with E-state index in [0.29, 0.717) is 0 Å². The number of aliphatic hydroxyl groups excluding tert-OH is 1. The summed E-state index contributed by atoms with van der Waals surface area (Å²) >= 11 is 0. The number of hydrogen-bond acceptors (Lipinski definition) is 3. The van der Waals surface area contributed by atoms with Gasteiger partial charge in [-0.05, 0) is 36.1 Å². The van der Waals surface area contributed by atoms with Crippen LogP contribution in [0.15, 0.2) is 54.9 Å². The Labute approximate surface area is 126 Å². The molecule has 21 heavy (non-hydrogen) atoms. The van der Waals surface area contributed by atoms with E-state index in [9.17, 15) is 5.11 Å². The van der Waals surface area contributed by atoms with Crippen LogP contribution in [0.2, 0.25) is 0 Å². The van der Waals surface area contributed by atoms with E-state index >= 15 is 0 Å². The summed E-state index contributed by atoms with van der Waals surface area (Å²) in [6.45, 7) is 0. The third kappa shape index (κ3) is 3.49. The van der Waals surface area contributed by atoms with Gasteiger partial charge in [-0.2, -0.15) is 0 Å². The molecular formula is C18H22N2O. The van der Waals surface area contributed by atoms with Crippen LogP contribution in [0, 0.1) is 0 Å². The Morgan fingerprint density at radius 2 is 1.62 bits per heavy atom. The van der Waals surface area contributed by atoms with Crippen molar-refractivity contribution in [3.05, 3.63) is 66.0 Å². The van der Waals surface area contributed by atoms with Gasteiger partial charge in [0.25, 0.3) is 0 Å². The highest BCUT2D eigenvalue weighted by atomic mass is 16.3. The third-order valence-electron chi connectivity index (χ3n) is 4.28. The smallest absolute Gasteiger partial charge is 0.0693 e. The third-order valence-corrected chi connectivity index (χ3v) is 4.28. The highest BCUT2D eigenvalue weighted by molar-refractivity contribution is 5.30. The first kappa shape index (κ1) is 14.2. The van der Waals surface area contributed by atoms with Crippen LogP contribution in [0.25, 0.3) is 0 Å². The molecule has 1 heterocycles. The molecule has 2 aromatic rings. The molecule has 3 atom stereocenters. The number of benzene rings is 1. The van der Waals surface area contributed by atoms with Gasteiger partial charge in [0.1, 0.15) is 0 Å². The van der Waals surface area contributed by atoms with Crippen LogP contribution >= 0.6 is 0 Å². The minimum atomic E-state index is -0.244. The topological polar surface area (TPSA) is 45.1 Å². The standard InChI is InChI=1S/C18H22N2O/c21-17-9-5-4-8-16(17)20-18(14-6-2-1-3-7-14)15-10-12-19-13-11-15/h1-3,6-7,10-13,16-18,20-21H,4-5,8-9H2/t16-,17-,18?/m1/s1. The summed E-state index contributed by atoms with van der Waals surface area (Å²) in [5.41, 5.74) is 2.41. The van der Waals surface area contributed by atoms with Crippen molar-refractivity contribution in [3.8, 4) is 0 Å². The molecule has 0 spiro atoms. The monoisotopic (exact) mass is 282 g/mol. The molecule has 1 aromatic carbocycles. The van der Waals surface area contributed by atoms with Crippen molar-refractivity contribution in [1.82, 2.24) is 10.3 Å². The lowest BCUT2D eigenvalue weighted by atomic mass is 9.90. The van der Waals surface area contributed by atoms with Crippen LogP contribution in [0.4, 0.5) is 0 Å². The molecule has 3 rings (SSSR count). The fourth-order valence-corrected chi connectivity index (χ4v) is 3.11. The van der Waals surface area contributed by atoms with Crippen LogP contribution in [0.3, 0.4) is 0 Å². The van der Waals surface area contributed by atoms with Crippen molar-refractivity contribution in [2.75, 3.05) is 0 Å². The van der Waals surface area contributed by atoms with E-state index in [1.54, 1.807) is 0 Å². The molecule has 2 N–H and O–H groups in total. The van der Waals surface area contributed by atoms with Crippen molar-refractivity contribution in [3.63, 3.8) is 0 Å². The number of hydrogen-bond donors (Lipinski definition) is 2. The molecule has 110 valence electrons. The van der Waals surface area contributed by atoms with E-state index in [1.165, 1.54) is 17.5 Å². The molecule has 1 saturated carbocycles. The maximum absolute atomic E-state index is 10.2. The van der Waals surface area contributed by atoms with Crippen LogP contribution in [0.5, 0.6) is 0 Å². The lowest BCUT2D eigenvalue weighted by Gasteiger charge is -2.32. The molecule has 1 fully saturated rings. The maximum Gasteiger partial charge on any atom is 0.0693 e. The van der Waals surface area contributed by atoms with E-state index in [4.69, 9.17) is 0 Å². The lowest BCUT2D eigenvalue weighted by molar-refractivity contribution is 0.0872. The largest absolute Gasteiger partial charge is 0.392 e. The van der Waals surface area contributed by atoms with Crippen molar-refractivity contribution in [2.24, 2.45) is 0 Å². The zero-order chi connectivity index (χ0) is 14.5. The second kappa shape index (κ2) is 6.83. The summed E-state index contributed by atoms with van der Waals surface area (Å²) in [6, 6.07) is 14.8. The molecule has 0 aliphatic heterocycles. The van der Waals surface area contributed by atoms with E-state index in [1.807, 2.05) is 30.6 Å². The second-order valence-corrected chi connectivity index (χ2v) is 5.75. The molecule has 0 bridgehead atoms. The van der Waals surface area contributed by atoms with Crippen molar-refractivity contribution >= 4 is 0 Å². The minimum Gasteiger partial charge on any atom is -0.392 e. The molecule has 3 nitrogen and oxygen atoms in total. The van der Waals surface area contributed by atoms with Gasteiger partial charge in [-0.1, -0.05) is 43.2 Å². The van der Waals surface area contributed by atoms with Gasteiger partial charge in [-0.25, -0.2) is 0 Å². The van der Waals surface area contributed by atoms with Gasteiger partial charge >= 0.3 is 0 Å². The number of aromatic nitrogens is 1. The highest BCUT2D eigenvalue weighted by Crippen LogP contribution is 2.26. The van der Waals surface area contributed by atoms with Gasteiger partial charge in [-0.15, -0.1) is 0 Å². The van der Waals surface area contributed by atoms with E-state index in [-0.39, 0.29) is 18.2 Å². The van der Waals surface area contributed by atoms with Gasteiger partial charge in [0, 0.05) is 18.4 Å². The molecule has 1 aliphatic rings. The maximum atomic E-state index is 10.2. The number of aliphatic hydroxyl groups is 1. The fourth-order valence-electron chi connectivity index (χ4n) is 3.11. The number of pyridine rings is 1. The molecule has 0 amide bonds. The number of rotatable bonds is 4. The van der Waals surface area contributed by atoms with Gasteiger partial charge in [0.2, 0.25) is 0 Å².